The van der Waals surface area contributed by atoms with E-state index in [9.17, 15) is 18.0 Å². The third kappa shape index (κ3) is 4.13. The first kappa shape index (κ1) is 22.4. The lowest BCUT2D eigenvalue weighted by atomic mass is 10.2. The number of aryl methyl sites for hydroxylation is 1. The van der Waals surface area contributed by atoms with E-state index in [4.69, 9.17) is 9.47 Å². The summed E-state index contributed by atoms with van der Waals surface area (Å²) in [6.45, 7) is 3.32. The molecule has 0 radical (unpaired) electrons. The number of aromatic nitrogens is 1. The largest absolute Gasteiger partial charge is 0.495 e. The van der Waals surface area contributed by atoms with Gasteiger partial charge in [-0.15, -0.1) is 0 Å². The molecule has 1 aromatic heterocycles. The van der Waals surface area contributed by atoms with Gasteiger partial charge in [0.15, 0.2) is 0 Å². The number of esters is 1. The molecule has 0 amide bonds. The number of carbonyl (C=O) groups excluding carboxylic acids is 2. The Morgan fingerprint density at radius 2 is 1.77 bits per heavy atom. The van der Waals surface area contributed by atoms with Crippen molar-refractivity contribution in [1.29, 1.82) is 0 Å². The van der Waals surface area contributed by atoms with Crippen molar-refractivity contribution >= 4 is 38.5 Å². The average Bonchev–Trinajstić information content (AvgIpc) is 3.11. The van der Waals surface area contributed by atoms with Crippen molar-refractivity contribution in [2.24, 2.45) is 0 Å². The fourth-order valence-corrected chi connectivity index (χ4v) is 4.75. The predicted octanol–water partition coefficient (Wildman–Crippen LogP) is 3.24. The Balaban J connectivity index is 2.17. The van der Waals surface area contributed by atoms with Gasteiger partial charge in [-0.1, -0.05) is 24.3 Å². The van der Waals surface area contributed by atoms with Crippen molar-refractivity contribution < 1.29 is 27.5 Å². The first-order valence-corrected chi connectivity index (χ1v) is 11.3. The molecular weight excluding hydrogens is 420 g/mol. The third-order valence-electron chi connectivity index (χ3n) is 4.99. The Bertz CT molecular complexity index is 1260. The van der Waals surface area contributed by atoms with E-state index >= 15 is 0 Å². The molecule has 0 fully saturated rings. The summed E-state index contributed by atoms with van der Waals surface area (Å²) in [6, 6.07) is 10.8. The van der Waals surface area contributed by atoms with E-state index in [1.807, 2.05) is 6.92 Å². The summed E-state index contributed by atoms with van der Waals surface area (Å²) in [6.07, 6.45) is 2.41. The van der Waals surface area contributed by atoms with Gasteiger partial charge in [-0.2, -0.15) is 0 Å². The Kier molecular flexibility index (Phi) is 6.08. The van der Waals surface area contributed by atoms with E-state index in [0.29, 0.717) is 16.7 Å². The summed E-state index contributed by atoms with van der Waals surface area (Å²) in [5.41, 5.74) is 1.76. The van der Waals surface area contributed by atoms with Crippen molar-refractivity contribution in [3.05, 3.63) is 59.8 Å². The first-order chi connectivity index (χ1) is 14.6. The number of hydrogen-bond donors (Lipinski definition) is 0. The number of anilines is 1. The van der Waals surface area contributed by atoms with Gasteiger partial charge in [-0.25, -0.2) is 13.2 Å². The third-order valence-corrected chi connectivity index (χ3v) is 6.22. The van der Waals surface area contributed by atoms with Crippen LogP contribution in [-0.2, 0) is 14.8 Å². The van der Waals surface area contributed by atoms with Gasteiger partial charge in [0.05, 0.1) is 37.2 Å². The number of sulfonamides is 1. The zero-order valence-corrected chi connectivity index (χ0v) is 18.8. The molecule has 0 saturated carbocycles. The summed E-state index contributed by atoms with van der Waals surface area (Å²) in [7, 11) is -1.17. The average molecular weight is 445 g/mol. The van der Waals surface area contributed by atoms with Crippen LogP contribution in [0.15, 0.2) is 48.7 Å². The number of para-hydroxylation sites is 1. The van der Waals surface area contributed by atoms with Gasteiger partial charge in [0.1, 0.15) is 11.8 Å². The maximum atomic E-state index is 13.5. The molecule has 9 heteroatoms. The van der Waals surface area contributed by atoms with Crippen LogP contribution in [0.3, 0.4) is 0 Å². The second-order valence-corrected chi connectivity index (χ2v) is 9.03. The van der Waals surface area contributed by atoms with E-state index in [-0.39, 0.29) is 11.3 Å². The molecule has 1 atom stereocenters. The van der Waals surface area contributed by atoms with E-state index in [2.05, 4.69) is 0 Å². The minimum atomic E-state index is -3.86. The lowest BCUT2D eigenvalue weighted by Crippen LogP contribution is -2.45. The Morgan fingerprint density at radius 3 is 2.39 bits per heavy atom. The standard InChI is InChI=1S/C22H24N2O6S/c1-14-10-11-20(29-3)19(12-14)24(31(5,27)28)15(2)21(25)23-13-17(22(26)30-4)16-8-6-7-9-18(16)23/h6-13,15H,1-5H3. The fraction of sp³-hybridized carbons (Fsp3) is 0.273. The Labute approximate surface area is 181 Å². The molecular formula is C22H24N2O6S. The predicted molar refractivity (Wildman–Crippen MR) is 118 cm³/mol. The lowest BCUT2D eigenvalue weighted by Gasteiger charge is -2.29. The van der Waals surface area contributed by atoms with Crippen molar-refractivity contribution in [2.75, 3.05) is 24.8 Å². The highest BCUT2D eigenvalue weighted by Gasteiger charge is 2.33. The van der Waals surface area contributed by atoms with Crippen molar-refractivity contribution in [3.63, 3.8) is 0 Å². The molecule has 0 aliphatic heterocycles. The Hall–Kier alpha value is -3.33. The van der Waals surface area contributed by atoms with Crippen LogP contribution in [0.1, 0.15) is 27.6 Å². The number of benzene rings is 2. The maximum Gasteiger partial charge on any atom is 0.340 e. The molecule has 0 aliphatic carbocycles. The van der Waals surface area contributed by atoms with Crippen LogP contribution in [0.25, 0.3) is 10.9 Å². The van der Waals surface area contributed by atoms with E-state index in [0.717, 1.165) is 16.1 Å². The van der Waals surface area contributed by atoms with Gasteiger partial charge in [0.25, 0.3) is 5.91 Å². The quantitative estimate of drug-likeness (QED) is 0.542. The van der Waals surface area contributed by atoms with Crippen LogP contribution in [0, 0.1) is 6.92 Å². The normalized spacial score (nSPS) is 12.4. The molecule has 0 spiro atoms. The van der Waals surface area contributed by atoms with Crippen LogP contribution < -0.4 is 9.04 Å². The second kappa shape index (κ2) is 8.43. The highest BCUT2D eigenvalue weighted by atomic mass is 32.2. The molecule has 8 nitrogen and oxygen atoms in total. The van der Waals surface area contributed by atoms with E-state index in [1.54, 1.807) is 42.5 Å². The van der Waals surface area contributed by atoms with Gasteiger partial charge in [-0.3, -0.25) is 13.7 Å². The molecule has 31 heavy (non-hydrogen) atoms. The molecule has 0 aliphatic rings. The van der Waals surface area contributed by atoms with Gasteiger partial charge in [-0.05, 0) is 37.6 Å². The number of carbonyl (C=O) groups is 2. The van der Waals surface area contributed by atoms with Gasteiger partial charge in [0.2, 0.25) is 10.0 Å². The number of rotatable bonds is 6. The maximum absolute atomic E-state index is 13.5. The molecule has 1 heterocycles. The van der Waals surface area contributed by atoms with Crippen LogP contribution in [0.2, 0.25) is 0 Å². The topological polar surface area (TPSA) is 94.9 Å². The van der Waals surface area contributed by atoms with Crippen molar-refractivity contribution in [3.8, 4) is 5.75 Å². The number of ether oxygens (including phenoxy) is 2. The number of methoxy groups -OCH3 is 2. The summed E-state index contributed by atoms with van der Waals surface area (Å²) in [5, 5.41) is 0.536. The molecule has 164 valence electrons. The van der Waals surface area contributed by atoms with Gasteiger partial charge < -0.3 is 9.47 Å². The van der Waals surface area contributed by atoms with E-state index in [1.165, 1.54) is 31.9 Å². The monoisotopic (exact) mass is 444 g/mol. The smallest absolute Gasteiger partial charge is 0.340 e. The molecule has 1 unspecified atom stereocenters. The molecule has 0 bridgehead atoms. The zero-order chi connectivity index (χ0) is 22.9. The second-order valence-electron chi connectivity index (χ2n) is 7.17. The summed E-state index contributed by atoms with van der Waals surface area (Å²) >= 11 is 0. The van der Waals surface area contributed by atoms with Crippen LogP contribution in [-0.4, -0.2) is 51.4 Å². The molecule has 2 aromatic carbocycles. The van der Waals surface area contributed by atoms with Crippen LogP contribution in [0.4, 0.5) is 5.69 Å². The molecule has 3 aromatic rings. The van der Waals surface area contributed by atoms with Crippen LogP contribution >= 0.6 is 0 Å². The summed E-state index contributed by atoms with van der Waals surface area (Å²) < 4.78 is 38.0. The minimum absolute atomic E-state index is 0.220. The summed E-state index contributed by atoms with van der Waals surface area (Å²) in [5.74, 6) is -0.792. The van der Waals surface area contributed by atoms with E-state index < -0.39 is 27.9 Å². The van der Waals surface area contributed by atoms with Crippen molar-refractivity contribution in [1.82, 2.24) is 4.57 Å². The highest BCUT2D eigenvalue weighted by molar-refractivity contribution is 7.92. The number of nitrogens with zero attached hydrogens (tertiary/aromatic N) is 2. The minimum Gasteiger partial charge on any atom is -0.495 e. The highest BCUT2D eigenvalue weighted by Crippen LogP contribution is 2.33. The fourth-order valence-electron chi connectivity index (χ4n) is 3.58. The Morgan fingerprint density at radius 1 is 1.10 bits per heavy atom. The molecule has 3 rings (SSSR count). The summed E-state index contributed by atoms with van der Waals surface area (Å²) in [4.78, 5) is 25.7. The van der Waals surface area contributed by atoms with Gasteiger partial charge in [0, 0.05) is 11.6 Å². The SMILES string of the molecule is COC(=O)c1cn(C(=O)C(C)N(c2cc(C)ccc2OC)S(C)(=O)=O)c2ccccc12. The van der Waals surface area contributed by atoms with Gasteiger partial charge >= 0.3 is 5.97 Å². The zero-order valence-electron chi connectivity index (χ0n) is 17.9. The molecule has 0 N–H and O–H groups in total. The molecule has 0 saturated heterocycles. The lowest BCUT2D eigenvalue weighted by molar-refractivity contribution is 0.0603. The number of hydrogen-bond acceptors (Lipinski definition) is 6. The van der Waals surface area contributed by atoms with Crippen molar-refractivity contribution in [2.45, 2.75) is 19.9 Å². The number of fused-ring (bicyclic) bond motifs is 1. The van der Waals surface area contributed by atoms with Crippen LogP contribution in [0.5, 0.6) is 5.75 Å². The first-order valence-electron chi connectivity index (χ1n) is 9.46.